The summed E-state index contributed by atoms with van der Waals surface area (Å²) in [7, 11) is 0. The molecule has 1 fully saturated rings. The summed E-state index contributed by atoms with van der Waals surface area (Å²) in [4.78, 5) is 10.4. The van der Waals surface area contributed by atoms with E-state index in [0.717, 1.165) is 25.7 Å². The van der Waals surface area contributed by atoms with Crippen LogP contribution >= 0.6 is 0 Å². The van der Waals surface area contributed by atoms with Crippen molar-refractivity contribution in [1.82, 2.24) is 0 Å². The van der Waals surface area contributed by atoms with Crippen LogP contribution in [-0.2, 0) is 4.79 Å². The van der Waals surface area contributed by atoms with Crippen molar-refractivity contribution in [3.8, 4) is 0 Å². The van der Waals surface area contributed by atoms with Crippen molar-refractivity contribution in [1.29, 1.82) is 0 Å². The van der Waals surface area contributed by atoms with Crippen LogP contribution in [0.2, 0.25) is 0 Å². The standard InChI is InChI=1S/C7H12O2.Tb/c8-7(9)6-4-2-1-3-5-6;/h6H,1-5H2,(H,8,9);. The van der Waals surface area contributed by atoms with Crippen LogP contribution in [0.25, 0.3) is 0 Å². The van der Waals surface area contributed by atoms with E-state index in [-0.39, 0.29) is 44.5 Å². The molecule has 0 heterocycles. The smallest absolute Gasteiger partial charge is 0.306 e. The van der Waals surface area contributed by atoms with Gasteiger partial charge in [-0.05, 0) is 12.8 Å². The molecule has 0 amide bonds. The second kappa shape index (κ2) is 5.41. The molecule has 0 saturated heterocycles. The van der Waals surface area contributed by atoms with Gasteiger partial charge in [0.25, 0.3) is 0 Å². The Bertz CT molecular complexity index is 108. The molecular weight excluding hydrogens is 275 g/mol. The molecule has 0 spiro atoms. The van der Waals surface area contributed by atoms with Gasteiger partial charge in [0.05, 0.1) is 5.92 Å². The van der Waals surface area contributed by atoms with Gasteiger partial charge in [0.2, 0.25) is 0 Å². The van der Waals surface area contributed by atoms with Crippen LogP contribution in [0.5, 0.6) is 0 Å². The zero-order valence-corrected chi connectivity index (χ0v) is 7.94. The average molecular weight is 287 g/mol. The fraction of sp³-hybridized carbons (Fsp3) is 0.857. The molecule has 1 N–H and O–H groups in total. The van der Waals surface area contributed by atoms with Gasteiger partial charge in [0, 0.05) is 38.6 Å². The number of carbonyl (C=O) groups is 1. The van der Waals surface area contributed by atoms with Gasteiger partial charge in [-0.3, -0.25) is 4.79 Å². The Kier molecular flexibility index (Phi) is 5.82. The quantitative estimate of drug-likeness (QED) is 0.796. The molecule has 1 radical (unpaired) electrons. The number of hydrogen-bond donors (Lipinski definition) is 1. The Morgan fingerprint density at radius 1 is 1.20 bits per heavy atom. The molecule has 10 heavy (non-hydrogen) atoms. The van der Waals surface area contributed by atoms with Crippen LogP contribution < -0.4 is 0 Å². The number of hydrogen-bond acceptors (Lipinski definition) is 1. The van der Waals surface area contributed by atoms with E-state index < -0.39 is 5.97 Å². The van der Waals surface area contributed by atoms with Gasteiger partial charge >= 0.3 is 5.97 Å². The van der Waals surface area contributed by atoms with Crippen molar-refractivity contribution in [2.75, 3.05) is 0 Å². The first-order chi connectivity index (χ1) is 4.30. The molecule has 2 nitrogen and oxygen atoms in total. The summed E-state index contributed by atoms with van der Waals surface area (Å²) in [5, 5.41) is 8.54. The van der Waals surface area contributed by atoms with Crippen LogP contribution in [0.15, 0.2) is 0 Å². The van der Waals surface area contributed by atoms with Crippen molar-refractivity contribution in [2.24, 2.45) is 5.92 Å². The maximum Gasteiger partial charge on any atom is 0.306 e. The van der Waals surface area contributed by atoms with Crippen molar-refractivity contribution in [2.45, 2.75) is 32.1 Å². The third-order valence-electron chi connectivity index (χ3n) is 1.95. The first-order valence-corrected chi connectivity index (χ1v) is 3.53. The summed E-state index contributed by atoms with van der Waals surface area (Å²) in [5.41, 5.74) is 0. The molecule has 0 aromatic carbocycles. The van der Waals surface area contributed by atoms with Gasteiger partial charge in [-0.1, -0.05) is 19.3 Å². The summed E-state index contributed by atoms with van der Waals surface area (Å²) >= 11 is 0. The summed E-state index contributed by atoms with van der Waals surface area (Å²) < 4.78 is 0. The Hall–Kier alpha value is 0.756. The number of rotatable bonds is 1. The van der Waals surface area contributed by atoms with Crippen molar-refractivity contribution < 1.29 is 48.5 Å². The predicted molar refractivity (Wildman–Crippen MR) is 34.2 cm³/mol. The SMILES string of the molecule is O=C(O)C1CCCCC1.[Tb]. The molecule has 61 valence electrons. The number of aliphatic carboxylic acids is 1. The Morgan fingerprint density at radius 3 is 2.00 bits per heavy atom. The van der Waals surface area contributed by atoms with Gasteiger partial charge in [0.1, 0.15) is 0 Å². The van der Waals surface area contributed by atoms with Gasteiger partial charge < -0.3 is 5.11 Å². The average Bonchev–Trinajstić information content (AvgIpc) is 1.90. The second-order valence-electron chi connectivity index (χ2n) is 2.67. The molecule has 0 aliphatic heterocycles. The predicted octanol–water partition coefficient (Wildman–Crippen LogP) is 1.65. The minimum atomic E-state index is -0.602. The fourth-order valence-corrected chi connectivity index (χ4v) is 1.35. The van der Waals surface area contributed by atoms with Crippen LogP contribution in [0.3, 0.4) is 0 Å². The van der Waals surface area contributed by atoms with E-state index in [2.05, 4.69) is 0 Å². The van der Waals surface area contributed by atoms with E-state index in [0.29, 0.717) is 0 Å². The largest absolute Gasteiger partial charge is 0.481 e. The van der Waals surface area contributed by atoms with Crippen LogP contribution in [0.4, 0.5) is 0 Å². The molecule has 0 atom stereocenters. The van der Waals surface area contributed by atoms with Gasteiger partial charge in [-0.2, -0.15) is 0 Å². The molecule has 1 rings (SSSR count). The van der Waals surface area contributed by atoms with Gasteiger partial charge in [0.15, 0.2) is 0 Å². The third kappa shape index (κ3) is 3.24. The Morgan fingerprint density at radius 2 is 1.70 bits per heavy atom. The van der Waals surface area contributed by atoms with E-state index in [1.807, 2.05) is 0 Å². The van der Waals surface area contributed by atoms with Gasteiger partial charge in [-0.25, -0.2) is 0 Å². The van der Waals surface area contributed by atoms with E-state index in [1.54, 1.807) is 0 Å². The number of carboxylic acid groups (broad SMARTS) is 1. The molecule has 0 bridgehead atoms. The summed E-state index contributed by atoms with van der Waals surface area (Å²) in [6, 6.07) is 0. The summed E-state index contributed by atoms with van der Waals surface area (Å²) in [5.74, 6) is -0.631. The molecule has 0 unspecified atom stereocenters. The topological polar surface area (TPSA) is 37.3 Å². The van der Waals surface area contributed by atoms with Crippen LogP contribution in [0, 0.1) is 44.5 Å². The van der Waals surface area contributed by atoms with E-state index in [4.69, 9.17) is 5.11 Å². The molecule has 1 saturated carbocycles. The molecule has 3 heteroatoms. The van der Waals surface area contributed by atoms with Gasteiger partial charge in [-0.15, -0.1) is 0 Å². The number of carboxylic acids is 1. The minimum Gasteiger partial charge on any atom is -0.481 e. The minimum absolute atomic E-state index is 0. The maximum absolute atomic E-state index is 10.4. The van der Waals surface area contributed by atoms with E-state index >= 15 is 0 Å². The molecule has 1 aliphatic rings. The first-order valence-electron chi connectivity index (χ1n) is 3.53. The normalized spacial score (nSPS) is 19.6. The third-order valence-corrected chi connectivity index (χ3v) is 1.95. The summed E-state index contributed by atoms with van der Waals surface area (Å²) in [6.45, 7) is 0. The molecule has 0 aromatic heterocycles. The fourth-order valence-electron chi connectivity index (χ4n) is 1.35. The molecule has 1 aliphatic carbocycles. The van der Waals surface area contributed by atoms with Crippen molar-refractivity contribution in [3.05, 3.63) is 0 Å². The zero-order valence-electron chi connectivity index (χ0n) is 5.80. The van der Waals surface area contributed by atoms with E-state index in [1.165, 1.54) is 6.42 Å². The maximum atomic E-state index is 10.4. The first kappa shape index (κ1) is 10.8. The molecular formula is C7H12O2Tb. The Labute approximate surface area is 91.8 Å². The monoisotopic (exact) mass is 287 g/mol. The van der Waals surface area contributed by atoms with Crippen molar-refractivity contribution in [3.63, 3.8) is 0 Å². The molecule has 0 aromatic rings. The second-order valence-corrected chi connectivity index (χ2v) is 2.67. The van der Waals surface area contributed by atoms with Crippen LogP contribution in [-0.4, -0.2) is 11.1 Å². The van der Waals surface area contributed by atoms with Crippen molar-refractivity contribution >= 4 is 5.97 Å². The Balaban J connectivity index is 0.000000810. The van der Waals surface area contributed by atoms with E-state index in [9.17, 15) is 4.79 Å². The summed E-state index contributed by atoms with van der Waals surface area (Å²) in [6.07, 6.45) is 5.24. The zero-order chi connectivity index (χ0) is 6.69. The van der Waals surface area contributed by atoms with Crippen LogP contribution in [0.1, 0.15) is 32.1 Å².